The Morgan fingerprint density at radius 2 is 1.95 bits per heavy atom. The highest BCUT2D eigenvalue weighted by Crippen LogP contribution is 2.40. The fourth-order valence-electron chi connectivity index (χ4n) is 3.43. The van der Waals surface area contributed by atoms with E-state index in [0.29, 0.717) is 11.8 Å². The first-order valence-electron chi connectivity index (χ1n) is 7.28. The molecule has 1 aliphatic carbocycles. The molecule has 0 radical (unpaired) electrons. The Bertz CT molecular complexity index is 436. The molecule has 110 valence electrons. The molecule has 3 unspecified atom stereocenters. The van der Waals surface area contributed by atoms with Crippen LogP contribution in [0.4, 0.5) is 0 Å². The molecule has 1 aromatic carbocycles. The van der Waals surface area contributed by atoms with Crippen LogP contribution in [0.5, 0.6) is 5.75 Å². The van der Waals surface area contributed by atoms with E-state index in [0.717, 1.165) is 37.4 Å². The van der Waals surface area contributed by atoms with Crippen molar-refractivity contribution in [2.24, 2.45) is 11.8 Å². The predicted octanol–water partition coefficient (Wildman–Crippen LogP) is 2.17. The Hall–Kier alpha value is -1.10. The average Bonchev–Trinajstić information content (AvgIpc) is 3.05. The SMILES string of the molecule is COc1ccccc1C(CO)OC1CC2COCC2C1. The molecule has 20 heavy (non-hydrogen) atoms. The van der Waals surface area contributed by atoms with E-state index in [-0.39, 0.29) is 18.8 Å². The minimum atomic E-state index is -0.309. The lowest BCUT2D eigenvalue weighted by atomic mass is 10.0. The van der Waals surface area contributed by atoms with Crippen molar-refractivity contribution >= 4 is 0 Å². The summed E-state index contributed by atoms with van der Waals surface area (Å²) in [5.74, 6) is 2.04. The van der Waals surface area contributed by atoms with Gasteiger partial charge in [-0.25, -0.2) is 0 Å². The highest BCUT2D eigenvalue weighted by atomic mass is 16.5. The molecule has 1 heterocycles. The fourth-order valence-corrected chi connectivity index (χ4v) is 3.43. The second-order valence-corrected chi connectivity index (χ2v) is 5.70. The van der Waals surface area contributed by atoms with E-state index in [1.807, 2.05) is 24.3 Å². The maximum Gasteiger partial charge on any atom is 0.124 e. The van der Waals surface area contributed by atoms with Gasteiger partial charge >= 0.3 is 0 Å². The van der Waals surface area contributed by atoms with E-state index >= 15 is 0 Å². The number of benzene rings is 1. The molecule has 0 bridgehead atoms. The van der Waals surface area contributed by atoms with Crippen LogP contribution in [0.1, 0.15) is 24.5 Å². The third kappa shape index (κ3) is 2.68. The van der Waals surface area contributed by atoms with Crippen molar-refractivity contribution in [3.63, 3.8) is 0 Å². The van der Waals surface area contributed by atoms with Crippen molar-refractivity contribution < 1.29 is 19.3 Å². The third-order valence-electron chi connectivity index (χ3n) is 4.47. The van der Waals surface area contributed by atoms with Crippen LogP contribution in [0.25, 0.3) is 0 Å². The van der Waals surface area contributed by atoms with Crippen LogP contribution in [0.2, 0.25) is 0 Å². The molecule has 4 heteroatoms. The summed E-state index contributed by atoms with van der Waals surface area (Å²) < 4.78 is 17.0. The molecule has 0 aromatic heterocycles. The number of aliphatic hydroxyl groups excluding tert-OH is 1. The summed E-state index contributed by atoms with van der Waals surface area (Å²) in [6.45, 7) is 1.70. The van der Waals surface area contributed by atoms with E-state index in [4.69, 9.17) is 14.2 Å². The van der Waals surface area contributed by atoms with Gasteiger partial charge in [0.05, 0.1) is 19.8 Å². The number of aliphatic hydroxyl groups is 1. The van der Waals surface area contributed by atoms with E-state index in [1.165, 1.54) is 0 Å². The number of ether oxygens (including phenoxy) is 3. The Morgan fingerprint density at radius 3 is 2.60 bits per heavy atom. The van der Waals surface area contributed by atoms with Gasteiger partial charge in [0.15, 0.2) is 0 Å². The van der Waals surface area contributed by atoms with Gasteiger partial charge in [-0.2, -0.15) is 0 Å². The monoisotopic (exact) mass is 278 g/mol. The molecular formula is C16H22O4. The Balaban J connectivity index is 1.68. The molecule has 4 nitrogen and oxygen atoms in total. The number of hydrogen-bond acceptors (Lipinski definition) is 4. The first-order chi connectivity index (χ1) is 9.81. The van der Waals surface area contributed by atoms with Crippen molar-refractivity contribution in [3.8, 4) is 5.75 Å². The zero-order valence-electron chi connectivity index (χ0n) is 11.8. The quantitative estimate of drug-likeness (QED) is 0.896. The molecular weight excluding hydrogens is 256 g/mol. The minimum absolute atomic E-state index is 0.0251. The smallest absolute Gasteiger partial charge is 0.124 e. The topological polar surface area (TPSA) is 47.9 Å². The summed E-state index contributed by atoms with van der Waals surface area (Å²) in [6, 6.07) is 7.73. The molecule has 2 aliphatic rings. The lowest BCUT2D eigenvalue weighted by Gasteiger charge is -2.23. The highest BCUT2D eigenvalue weighted by Gasteiger charge is 2.39. The minimum Gasteiger partial charge on any atom is -0.496 e. The van der Waals surface area contributed by atoms with Crippen molar-refractivity contribution in [2.75, 3.05) is 26.9 Å². The lowest BCUT2D eigenvalue weighted by molar-refractivity contribution is -0.0450. The van der Waals surface area contributed by atoms with Gasteiger partial charge < -0.3 is 19.3 Å². The summed E-state index contributed by atoms with van der Waals surface area (Å²) in [4.78, 5) is 0. The van der Waals surface area contributed by atoms with Gasteiger partial charge in [0.25, 0.3) is 0 Å². The normalized spacial score (nSPS) is 30.2. The Kier molecular flexibility index (Phi) is 4.24. The fraction of sp³-hybridized carbons (Fsp3) is 0.625. The Morgan fingerprint density at radius 1 is 1.25 bits per heavy atom. The largest absolute Gasteiger partial charge is 0.496 e. The number of rotatable bonds is 5. The van der Waals surface area contributed by atoms with Crippen LogP contribution >= 0.6 is 0 Å². The van der Waals surface area contributed by atoms with Crippen LogP contribution in [0.3, 0.4) is 0 Å². The molecule has 0 spiro atoms. The van der Waals surface area contributed by atoms with E-state index in [2.05, 4.69) is 0 Å². The van der Waals surface area contributed by atoms with Crippen molar-refractivity contribution in [1.29, 1.82) is 0 Å². The average molecular weight is 278 g/mol. The van der Waals surface area contributed by atoms with Crippen LogP contribution in [-0.4, -0.2) is 38.1 Å². The summed E-state index contributed by atoms with van der Waals surface area (Å²) in [5, 5.41) is 9.66. The number of fused-ring (bicyclic) bond motifs is 1. The summed E-state index contributed by atoms with van der Waals surface area (Å²) in [7, 11) is 1.64. The summed E-state index contributed by atoms with van der Waals surface area (Å²) in [5.41, 5.74) is 0.922. The van der Waals surface area contributed by atoms with E-state index in [1.54, 1.807) is 7.11 Å². The van der Waals surface area contributed by atoms with Gasteiger partial charge in [0.1, 0.15) is 11.9 Å². The number of para-hydroxylation sites is 1. The zero-order chi connectivity index (χ0) is 13.9. The highest BCUT2D eigenvalue weighted by molar-refractivity contribution is 5.35. The van der Waals surface area contributed by atoms with Crippen molar-refractivity contribution in [1.82, 2.24) is 0 Å². The molecule has 2 fully saturated rings. The first-order valence-corrected chi connectivity index (χ1v) is 7.28. The standard InChI is InChI=1S/C16H22O4/c1-18-15-5-3-2-4-14(15)16(8-17)20-13-6-11-9-19-10-12(11)7-13/h2-5,11-13,16-17H,6-10H2,1H3. The Labute approximate surface area is 119 Å². The van der Waals surface area contributed by atoms with Gasteiger partial charge in [-0.1, -0.05) is 18.2 Å². The van der Waals surface area contributed by atoms with Crippen LogP contribution in [0, 0.1) is 11.8 Å². The molecule has 1 saturated heterocycles. The van der Waals surface area contributed by atoms with Crippen LogP contribution < -0.4 is 4.74 Å². The van der Waals surface area contributed by atoms with Gasteiger partial charge in [0, 0.05) is 18.8 Å². The second-order valence-electron chi connectivity index (χ2n) is 5.70. The first kappa shape index (κ1) is 13.9. The molecule has 3 rings (SSSR count). The van der Waals surface area contributed by atoms with Gasteiger partial charge in [0.2, 0.25) is 0 Å². The van der Waals surface area contributed by atoms with Crippen LogP contribution in [0.15, 0.2) is 24.3 Å². The number of hydrogen-bond donors (Lipinski definition) is 1. The maximum absolute atomic E-state index is 9.66. The molecule has 1 N–H and O–H groups in total. The second kappa shape index (κ2) is 6.12. The summed E-state index contributed by atoms with van der Waals surface area (Å²) >= 11 is 0. The maximum atomic E-state index is 9.66. The molecule has 0 amide bonds. The van der Waals surface area contributed by atoms with E-state index in [9.17, 15) is 5.11 Å². The zero-order valence-corrected chi connectivity index (χ0v) is 11.8. The van der Waals surface area contributed by atoms with E-state index < -0.39 is 0 Å². The molecule has 1 saturated carbocycles. The molecule has 1 aliphatic heterocycles. The molecule has 3 atom stereocenters. The summed E-state index contributed by atoms with van der Waals surface area (Å²) in [6.07, 6.45) is 1.99. The van der Waals surface area contributed by atoms with Gasteiger partial charge in [-0.05, 0) is 30.7 Å². The number of methoxy groups -OCH3 is 1. The van der Waals surface area contributed by atoms with Gasteiger partial charge in [-0.3, -0.25) is 0 Å². The molecule has 1 aromatic rings. The van der Waals surface area contributed by atoms with Crippen molar-refractivity contribution in [3.05, 3.63) is 29.8 Å². The lowest BCUT2D eigenvalue weighted by Crippen LogP contribution is -2.18. The van der Waals surface area contributed by atoms with Crippen molar-refractivity contribution in [2.45, 2.75) is 25.0 Å². The van der Waals surface area contributed by atoms with Crippen LogP contribution in [-0.2, 0) is 9.47 Å². The third-order valence-corrected chi connectivity index (χ3v) is 4.47. The van der Waals surface area contributed by atoms with Gasteiger partial charge in [-0.15, -0.1) is 0 Å². The predicted molar refractivity (Wildman–Crippen MR) is 74.7 cm³/mol.